The van der Waals surface area contributed by atoms with E-state index in [1.165, 1.54) is 31.5 Å². The predicted molar refractivity (Wildman–Crippen MR) is 75.0 cm³/mol. The maximum absolute atomic E-state index is 10.7. The zero-order valence-electron chi connectivity index (χ0n) is 10.7. The molecule has 2 aromatic rings. The predicted octanol–water partition coefficient (Wildman–Crippen LogP) is 3.06. The molecule has 102 valence electrons. The van der Waals surface area contributed by atoms with Gasteiger partial charge < -0.3 is 9.84 Å². The molecule has 0 radical (unpaired) electrons. The van der Waals surface area contributed by atoms with Crippen LogP contribution in [-0.2, 0) is 0 Å². The number of para-hydroxylation sites is 2. The average Bonchev–Trinajstić information content (AvgIpc) is 2.46. The fourth-order valence-corrected chi connectivity index (χ4v) is 1.63. The Morgan fingerprint density at radius 2 is 2.05 bits per heavy atom. The van der Waals surface area contributed by atoms with Crippen LogP contribution in [-0.4, -0.2) is 23.4 Å². The summed E-state index contributed by atoms with van der Waals surface area (Å²) in [5.41, 5.74) is 0.732. The van der Waals surface area contributed by atoms with Gasteiger partial charge in [-0.1, -0.05) is 12.1 Å². The van der Waals surface area contributed by atoms with Gasteiger partial charge in [0.05, 0.1) is 12.0 Å². The van der Waals surface area contributed by atoms with Crippen molar-refractivity contribution in [3.8, 4) is 11.5 Å². The fraction of sp³-hybridized carbons (Fsp3) is 0.0714. The Morgan fingerprint density at radius 3 is 2.75 bits per heavy atom. The molecule has 0 amide bonds. The fourth-order valence-electron chi connectivity index (χ4n) is 1.63. The van der Waals surface area contributed by atoms with Crippen LogP contribution < -0.4 is 4.74 Å². The van der Waals surface area contributed by atoms with Gasteiger partial charge in [0.1, 0.15) is 17.2 Å². The zero-order valence-corrected chi connectivity index (χ0v) is 10.7. The van der Waals surface area contributed by atoms with Crippen molar-refractivity contribution >= 4 is 17.6 Å². The van der Waals surface area contributed by atoms with Crippen molar-refractivity contribution in [1.82, 2.24) is 0 Å². The number of phenolic OH excluding ortho intramolecular Hbond substituents is 1. The number of methoxy groups -OCH3 is 1. The first-order chi connectivity index (χ1) is 9.61. The molecule has 6 nitrogen and oxygen atoms in total. The number of benzene rings is 2. The summed E-state index contributed by atoms with van der Waals surface area (Å²) >= 11 is 0. The van der Waals surface area contributed by atoms with E-state index in [0.29, 0.717) is 11.4 Å². The van der Waals surface area contributed by atoms with Crippen molar-refractivity contribution in [1.29, 1.82) is 0 Å². The second kappa shape index (κ2) is 5.83. The molecule has 1 N–H and O–H groups in total. The first-order valence-corrected chi connectivity index (χ1v) is 5.76. The molecule has 0 spiro atoms. The van der Waals surface area contributed by atoms with Crippen LogP contribution in [0, 0.1) is 10.1 Å². The molecule has 0 saturated carbocycles. The molecule has 6 heteroatoms. The lowest BCUT2D eigenvalue weighted by Gasteiger charge is -2.03. The molecule has 0 saturated heterocycles. The van der Waals surface area contributed by atoms with E-state index in [0.717, 1.165) is 0 Å². The van der Waals surface area contributed by atoms with Gasteiger partial charge in [-0.25, -0.2) is 0 Å². The molecule has 0 unspecified atom stereocenters. The van der Waals surface area contributed by atoms with Crippen LogP contribution in [0.15, 0.2) is 47.5 Å². The number of nitro groups is 1. The van der Waals surface area contributed by atoms with E-state index in [4.69, 9.17) is 4.74 Å². The molecule has 0 aliphatic rings. The second-order valence-corrected chi connectivity index (χ2v) is 3.93. The second-order valence-electron chi connectivity index (χ2n) is 3.93. The number of aromatic hydroxyl groups is 1. The number of hydrogen-bond acceptors (Lipinski definition) is 5. The van der Waals surface area contributed by atoms with Gasteiger partial charge in [-0.15, -0.1) is 0 Å². The third kappa shape index (κ3) is 2.92. The minimum atomic E-state index is -0.528. The number of phenols is 1. The van der Waals surface area contributed by atoms with Crippen LogP contribution in [0.1, 0.15) is 5.56 Å². The number of nitrogens with zero attached hydrogens (tertiary/aromatic N) is 2. The van der Waals surface area contributed by atoms with Gasteiger partial charge in [-0.3, -0.25) is 15.1 Å². The Morgan fingerprint density at radius 1 is 1.30 bits per heavy atom. The van der Waals surface area contributed by atoms with E-state index >= 15 is 0 Å². The Bertz CT molecular complexity index is 668. The quantitative estimate of drug-likeness (QED) is 0.526. The molecule has 0 bridgehead atoms. The first kappa shape index (κ1) is 13.5. The van der Waals surface area contributed by atoms with E-state index in [9.17, 15) is 15.2 Å². The normalized spacial score (nSPS) is 10.7. The van der Waals surface area contributed by atoms with Crippen LogP contribution in [0.4, 0.5) is 11.4 Å². The summed E-state index contributed by atoms with van der Waals surface area (Å²) in [6.07, 6.45) is 1.36. The van der Waals surface area contributed by atoms with Crippen LogP contribution >= 0.6 is 0 Å². The van der Waals surface area contributed by atoms with E-state index in [1.807, 2.05) is 6.07 Å². The van der Waals surface area contributed by atoms with Gasteiger partial charge in [-0.05, 0) is 18.2 Å². The summed E-state index contributed by atoms with van der Waals surface area (Å²) in [7, 11) is 1.53. The van der Waals surface area contributed by atoms with Crippen molar-refractivity contribution in [2.75, 3.05) is 7.11 Å². The van der Waals surface area contributed by atoms with E-state index in [1.54, 1.807) is 18.2 Å². The van der Waals surface area contributed by atoms with E-state index in [2.05, 4.69) is 4.99 Å². The van der Waals surface area contributed by atoms with Crippen molar-refractivity contribution < 1.29 is 14.8 Å². The number of rotatable bonds is 4. The maximum atomic E-state index is 10.7. The summed E-state index contributed by atoms with van der Waals surface area (Å²) in [5.74, 6) is 0.503. The van der Waals surface area contributed by atoms with Crippen molar-refractivity contribution in [3.05, 3.63) is 58.1 Å². The summed E-state index contributed by atoms with van der Waals surface area (Å²) in [6, 6.07) is 10.8. The topological polar surface area (TPSA) is 85.0 Å². The van der Waals surface area contributed by atoms with Gasteiger partial charge in [-0.2, -0.15) is 0 Å². The third-order valence-electron chi connectivity index (χ3n) is 2.65. The lowest BCUT2D eigenvalue weighted by molar-refractivity contribution is -0.384. The molecule has 0 fully saturated rings. The SMILES string of the molecule is COc1ccccc1N=Cc1cc([N+](=O)[O-])ccc1O. The van der Waals surface area contributed by atoms with Crippen molar-refractivity contribution in [2.24, 2.45) is 4.99 Å². The Balaban J connectivity index is 2.36. The number of ether oxygens (including phenoxy) is 1. The van der Waals surface area contributed by atoms with Crippen LogP contribution in [0.25, 0.3) is 0 Å². The summed E-state index contributed by atoms with van der Waals surface area (Å²) < 4.78 is 5.14. The minimum Gasteiger partial charge on any atom is -0.507 e. The van der Waals surface area contributed by atoms with Crippen LogP contribution in [0.3, 0.4) is 0 Å². The molecule has 0 atom stereocenters. The van der Waals surface area contributed by atoms with E-state index in [-0.39, 0.29) is 17.0 Å². The summed E-state index contributed by atoms with van der Waals surface area (Å²) in [4.78, 5) is 14.3. The Labute approximate surface area is 115 Å². The minimum absolute atomic E-state index is 0.0748. The monoisotopic (exact) mass is 272 g/mol. The van der Waals surface area contributed by atoms with Crippen LogP contribution in [0.5, 0.6) is 11.5 Å². The number of hydrogen-bond donors (Lipinski definition) is 1. The molecule has 0 aromatic heterocycles. The molecule has 20 heavy (non-hydrogen) atoms. The molecule has 0 aliphatic heterocycles. The van der Waals surface area contributed by atoms with Crippen molar-refractivity contribution in [2.45, 2.75) is 0 Å². The highest BCUT2D eigenvalue weighted by molar-refractivity contribution is 5.86. The Hall–Kier alpha value is -2.89. The smallest absolute Gasteiger partial charge is 0.270 e. The number of nitro benzene ring substituents is 1. The highest BCUT2D eigenvalue weighted by Crippen LogP contribution is 2.27. The summed E-state index contributed by atoms with van der Waals surface area (Å²) in [6.45, 7) is 0. The largest absolute Gasteiger partial charge is 0.507 e. The number of non-ortho nitro benzene ring substituents is 1. The average molecular weight is 272 g/mol. The lowest BCUT2D eigenvalue weighted by atomic mass is 10.2. The molecule has 2 rings (SSSR count). The van der Waals surface area contributed by atoms with E-state index < -0.39 is 4.92 Å². The van der Waals surface area contributed by atoms with Gasteiger partial charge in [0.25, 0.3) is 5.69 Å². The Kier molecular flexibility index (Phi) is 3.95. The zero-order chi connectivity index (χ0) is 14.5. The number of aliphatic imine (C=N–C) groups is 1. The summed E-state index contributed by atoms with van der Waals surface area (Å²) in [5, 5.41) is 20.4. The van der Waals surface area contributed by atoms with Gasteiger partial charge in [0.2, 0.25) is 0 Å². The molecule has 2 aromatic carbocycles. The maximum Gasteiger partial charge on any atom is 0.270 e. The van der Waals surface area contributed by atoms with Crippen LogP contribution in [0.2, 0.25) is 0 Å². The molecular formula is C14H12N2O4. The first-order valence-electron chi connectivity index (χ1n) is 5.76. The highest BCUT2D eigenvalue weighted by atomic mass is 16.6. The lowest BCUT2D eigenvalue weighted by Crippen LogP contribution is -1.90. The highest BCUT2D eigenvalue weighted by Gasteiger charge is 2.09. The van der Waals surface area contributed by atoms with Gasteiger partial charge >= 0.3 is 0 Å². The molecule has 0 aliphatic carbocycles. The standard InChI is InChI=1S/C14H12N2O4/c1-20-14-5-3-2-4-12(14)15-9-10-8-11(16(18)19)6-7-13(10)17/h2-9,17H,1H3. The molecular weight excluding hydrogens is 260 g/mol. The van der Waals surface area contributed by atoms with Crippen molar-refractivity contribution in [3.63, 3.8) is 0 Å². The third-order valence-corrected chi connectivity index (χ3v) is 2.65. The van der Waals surface area contributed by atoms with Gasteiger partial charge in [0.15, 0.2) is 0 Å². The molecule has 0 heterocycles. The van der Waals surface area contributed by atoms with Gasteiger partial charge in [0, 0.05) is 23.9 Å².